The molecule has 2 heterocycles. The zero-order valence-electron chi connectivity index (χ0n) is 15.9. The molecule has 1 N–H and O–H groups in total. The number of amides is 1. The summed E-state index contributed by atoms with van der Waals surface area (Å²) < 4.78 is 5.63. The highest BCUT2D eigenvalue weighted by atomic mass is 16.4. The van der Waals surface area contributed by atoms with Gasteiger partial charge in [0.15, 0.2) is 5.89 Å². The van der Waals surface area contributed by atoms with Gasteiger partial charge in [-0.1, -0.05) is 37.3 Å². The number of likely N-dealkylation sites (tertiary alicyclic amines) is 1. The molecule has 0 aliphatic carbocycles. The number of hydrogen-bond donors (Lipinski definition) is 1. The van der Waals surface area contributed by atoms with Crippen molar-refractivity contribution in [2.24, 2.45) is 0 Å². The van der Waals surface area contributed by atoms with Crippen LogP contribution in [0.15, 0.2) is 34.7 Å². The third-order valence-electron chi connectivity index (χ3n) is 5.23. The fourth-order valence-corrected chi connectivity index (χ4v) is 3.71. The van der Waals surface area contributed by atoms with Crippen molar-refractivity contribution in [3.63, 3.8) is 0 Å². The van der Waals surface area contributed by atoms with E-state index in [-0.39, 0.29) is 11.9 Å². The van der Waals surface area contributed by atoms with E-state index < -0.39 is 5.60 Å². The van der Waals surface area contributed by atoms with E-state index in [0.717, 1.165) is 5.56 Å². The van der Waals surface area contributed by atoms with E-state index in [2.05, 4.69) is 4.98 Å². The predicted molar refractivity (Wildman–Crippen MR) is 99.0 cm³/mol. The fraction of sp³-hybridized carbons (Fsp3) is 0.500. The average Bonchev–Trinajstić information content (AvgIpc) is 3.03. The van der Waals surface area contributed by atoms with Crippen LogP contribution in [0.4, 0.5) is 0 Å². The zero-order chi connectivity index (χ0) is 18.9. The SMILES string of the molecule is CCc1nc(C)c(C(=O)N2CC[C@](O)(c3ccccc3)[C@H](N(C)C)C2)o1. The van der Waals surface area contributed by atoms with Crippen molar-refractivity contribution >= 4 is 5.91 Å². The molecular weight excluding hydrogens is 330 g/mol. The highest BCUT2D eigenvalue weighted by molar-refractivity contribution is 5.92. The number of likely N-dealkylation sites (N-methyl/N-ethyl adjacent to an activating group) is 1. The molecule has 3 rings (SSSR count). The van der Waals surface area contributed by atoms with E-state index in [1.54, 1.807) is 11.8 Å². The molecule has 0 radical (unpaired) electrons. The molecular formula is C20H27N3O3. The summed E-state index contributed by atoms with van der Waals surface area (Å²) >= 11 is 0. The maximum Gasteiger partial charge on any atom is 0.291 e. The van der Waals surface area contributed by atoms with Crippen molar-refractivity contribution in [2.75, 3.05) is 27.2 Å². The molecule has 0 spiro atoms. The van der Waals surface area contributed by atoms with Gasteiger partial charge in [0.2, 0.25) is 5.76 Å². The number of nitrogens with zero attached hydrogens (tertiary/aromatic N) is 3. The number of carbonyl (C=O) groups excluding carboxylic acids is 1. The largest absolute Gasteiger partial charge is 0.435 e. The third-order valence-corrected chi connectivity index (χ3v) is 5.23. The van der Waals surface area contributed by atoms with Crippen LogP contribution in [0, 0.1) is 6.92 Å². The molecule has 1 aromatic carbocycles. The Kier molecular flexibility index (Phi) is 5.16. The van der Waals surface area contributed by atoms with Gasteiger partial charge in [0.25, 0.3) is 5.91 Å². The van der Waals surface area contributed by atoms with E-state index in [1.807, 2.05) is 56.3 Å². The molecule has 140 valence electrons. The van der Waals surface area contributed by atoms with Gasteiger partial charge in [-0.2, -0.15) is 0 Å². The second-order valence-electron chi connectivity index (χ2n) is 7.15. The number of piperidine rings is 1. The summed E-state index contributed by atoms with van der Waals surface area (Å²) in [6.45, 7) is 4.64. The molecule has 0 bridgehead atoms. The second kappa shape index (κ2) is 7.21. The Hall–Kier alpha value is -2.18. The first kappa shape index (κ1) is 18.6. The lowest BCUT2D eigenvalue weighted by Crippen LogP contribution is -2.60. The van der Waals surface area contributed by atoms with Crippen molar-refractivity contribution in [3.8, 4) is 0 Å². The number of oxazole rings is 1. The average molecular weight is 357 g/mol. The van der Waals surface area contributed by atoms with Gasteiger partial charge in [0, 0.05) is 19.5 Å². The molecule has 1 aromatic heterocycles. The molecule has 2 atom stereocenters. The summed E-state index contributed by atoms with van der Waals surface area (Å²) in [5.41, 5.74) is 0.513. The number of aryl methyl sites for hydroxylation is 2. The summed E-state index contributed by atoms with van der Waals surface area (Å²) in [6, 6.07) is 9.48. The number of rotatable bonds is 4. The monoisotopic (exact) mass is 357 g/mol. The van der Waals surface area contributed by atoms with Gasteiger partial charge >= 0.3 is 0 Å². The van der Waals surface area contributed by atoms with Gasteiger partial charge in [-0.3, -0.25) is 4.79 Å². The van der Waals surface area contributed by atoms with Gasteiger partial charge in [-0.05, 0) is 33.0 Å². The quantitative estimate of drug-likeness (QED) is 0.908. The zero-order valence-corrected chi connectivity index (χ0v) is 15.9. The Bertz CT molecular complexity index is 772. The maximum absolute atomic E-state index is 13.0. The van der Waals surface area contributed by atoms with Gasteiger partial charge in [-0.25, -0.2) is 4.98 Å². The molecule has 1 aliphatic rings. The van der Waals surface area contributed by atoms with Crippen LogP contribution >= 0.6 is 0 Å². The first-order valence-electron chi connectivity index (χ1n) is 9.06. The lowest BCUT2D eigenvalue weighted by atomic mass is 9.79. The molecule has 26 heavy (non-hydrogen) atoms. The van der Waals surface area contributed by atoms with Crippen LogP contribution in [-0.2, 0) is 12.0 Å². The lowest BCUT2D eigenvalue weighted by molar-refractivity contribution is -0.0814. The van der Waals surface area contributed by atoms with Crippen molar-refractivity contribution < 1.29 is 14.3 Å². The summed E-state index contributed by atoms with van der Waals surface area (Å²) in [6.07, 6.45) is 1.13. The summed E-state index contributed by atoms with van der Waals surface area (Å²) in [4.78, 5) is 21.0. The molecule has 6 nitrogen and oxygen atoms in total. The molecule has 0 saturated carbocycles. The smallest absolute Gasteiger partial charge is 0.291 e. The molecule has 1 aliphatic heterocycles. The minimum absolute atomic E-state index is 0.156. The van der Waals surface area contributed by atoms with Crippen LogP contribution in [0.1, 0.15) is 41.0 Å². The Balaban J connectivity index is 1.86. The number of hydrogen-bond acceptors (Lipinski definition) is 5. The van der Waals surface area contributed by atoms with E-state index >= 15 is 0 Å². The normalized spacial score (nSPS) is 23.5. The number of carbonyl (C=O) groups is 1. The molecule has 2 aromatic rings. The summed E-state index contributed by atoms with van der Waals surface area (Å²) in [5, 5.41) is 11.4. The standard InChI is InChI=1S/C20H27N3O3/c1-5-17-21-14(2)18(26-17)19(24)23-12-11-20(25,16(13-23)22(3)4)15-9-7-6-8-10-15/h6-10,16,25H,5,11-13H2,1-4H3/t16-,20+/m1/s1. The molecule has 1 saturated heterocycles. The van der Waals surface area contributed by atoms with Crippen molar-refractivity contribution in [1.29, 1.82) is 0 Å². The Morgan fingerprint density at radius 1 is 1.38 bits per heavy atom. The van der Waals surface area contributed by atoms with Crippen molar-refractivity contribution in [1.82, 2.24) is 14.8 Å². The van der Waals surface area contributed by atoms with Gasteiger partial charge in [0.1, 0.15) is 5.60 Å². The highest BCUT2D eigenvalue weighted by Gasteiger charge is 2.45. The van der Waals surface area contributed by atoms with Crippen molar-refractivity contribution in [2.45, 2.75) is 38.3 Å². The third kappa shape index (κ3) is 3.27. The Labute approximate surface area is 154 Å². The Morgan fingerprint density at radius 3 is 2.65 bits per heavy atom. The van der Waals surface area contributed by atoms with Gasteiger partial charge in [0.05, 0.1) is 11.7 Å². The van der Waals surface area contributed by atoms with Gasteiger partial charge < -0.3 is 19.3 Å². The van der Waals surface area contributed by atoms with Crippen LogP contribution in [0.5, 0.6) is 0 Å². The Morgan fingerprint density at radius 2 is 2.08 bits per heavy atom. The highest BCUT2D eigenvalue weighted by Crippen LogP contribution is 2.35. The fourth-order valence-electron chi connectivity index (χ4n) is 3.71. The van der Waals surface area contributed by atoms with Crippen molar-refractivity contribution in [3.05, 3.63) is 53.2 Å². The second-order valence-corrected chi connectivity index (χ2v) is 7.15. The molecule has 0 unspecified atom stereocenters. The lowest BCUT2D eigenvalue weighted by Gasteiger charge is -2.47. The number of aromatic nitrogens is 1. The van der Waals surface area contributed by atoms with Crippen LogP contribution in [0.25, 0.3) is 0 Å². The number of benzene rings is 1. The minimum Gasteiger partial charge on any atom is -0.435 e. The van der Waals surface area contributed by atoms with E-state index in [0.29, 0.717) is 43.3 Å². The molecule has 6 heteroatoms. The van der Waals surface area contributed by atoms with Crippen LogP contribution in [0.3, 0.4) is 0 Å². The number of aliphatic hydroxyl groups is 1. The maximum atomic E-state index is 13.0. The minimum atomic E-state index is -0.993. The first-order valence-corrected chi connectivity index (χ1v) is 9.06. The van der Waals surface area contributed by atoms with E-state index in [1.165, 1.54) is 0 Å². The predicted octanol–water partition coefficient (Wildman–Crippen LogP) is 2.21. The summed E-state index contributed by atoms with van der Waals surface area (Å²) in [5.74, 6) is 0.731. The molecule has 1 amide bonds. The van der Waals surface area contributed by atoms with Gasteiger partial charge in [-0.15, -0.1) is 0 Å². The van der Waals surface area contributed by atoms with Crippen LogP contribution in [-0.4, -0.2) is 59.0 Å². The topological polar surface area (TPSA) is 69.8 Å². The van der Waals surface area contributed by atoms with Crippen LogP contribution < -0.4 is 0 Å². The van der Waals surface area contributed by atoms with E-state index in [4.69, 9.17) is 4.42 Å². The summed E-state index contributed by atoms with van der Waals surface area (Å²) in [7, 11) is 3.86. The first-order chi connectivity index (χ1) is 12.4. The van der Waals surface area contributed by atoms with E-state index in [9.17, 15) is 9.90 Å². The molecule has 1 fully saturated rings. The van der Waals surface area contributed by atoms with Crippen LogP contribution in [0.2, 0.25) is 0 Å².